The van der Waals surface area contributed by atoms with E-state index in [1.54, 1.807) is 12.1 Å². The maximum Gasteiger partial charge on any atom is 0.192 e. The fraction of sp³-hybridized carbons (Fsp3) is 0.118. The summed E-state index contributed by atoms with van der Waals surface area (Å²) in [5.74, 6) is 0.636. The molecule has 3 nitrogen and oxygen atoms in total. The molecule has 0 unspecified atom stereocenters. The number of fused-ring (bicyclic) bond motifs is 1. The summed E-state index contributed by atoms with van der Waals surface area (Å²) < 4.78 is 5.73. The highest BCUT2D eigenvalue weighted by Gasteiger charge is 2.25. The van der Waals surface area contributed by atoms with Crippen LogP contribution in [-0.4, -0.2) is 10.9 Å². The van der Waals surface area contributed by atoms with E-state index in [0.717, 1.165) is 23.1 Å². The van der Waals surface area contributed by atoms with E-state index >= 15 is 0 Å². The molecule has 100 valence electrons. The SMILES string of the molecule is O=C1/C(=C\O)Cc2cc(OCc3ccccc3)ccc21. The minimum Gasteiger partial charge on any atom is -0.515 e. The van der Waals surface area contributed by atoms with Gasteiger partial charge in [-0.15, -0.1) is 0 Å². The van der Waals surface area contributed by atoms with Gasteiger partial charge < -0.3 is 9.84 Å². The summed E-state index contributed by atoms with van der Waals surface area (Å²) in [5.41, 5.74) is 3.08. The van der Waals surface area contributed by atoms with E-state index in [9.17, 15) is 4.79 Å². The summed E-state index contributed by atoms with van der Waals surface area (Å²) in [6.45, 7) is 0.496. The quantitative estimate of drug-likeness (QED) is 0.683. The molecule has 20 heavy (non-hydrogen) atoms. The van der Waals surface area contributed by atoms with Crippen LogP contribution < -0.4 is 4.74 Å². The number of ether oxygens (including phenoxy) is 1. The number of aliphatic hydroxyl groups is 1. The summed E-state index contributed by atoms with van der Waals surface area (Å²) in [5, 5.41) is 9.02. The van der Waals surface area contributed by atoms with Crippen LogP contribution >= 0.6 is 0 Å². The second kappa shape index (κ2) is 5.21. The Labute approximate surface area is 117 Å². The lowest BCUT2D eigenvalue weighted by molar-refractivity contribution is 0.103. The maximum atomic E-state index is 11.8. The molecule has 0 aromatic heterocycles. The van der Waals surface area contributed by atoms with Gasteiger partial charge in [-0.2, -0.15) is 0 Å². The van der Waals surface area contributed by atoms with Crippen molar-refractivity contribution in [2.45, 2.75) is 13.0 Å². The van der Waals surface area contributed by atoms with Crippen LogP contribution in [0.3, 0.4) is 0 Å². The molecule has 0 atom stereocenters. The second-order valence-electron chi connectivity index (χ2n) is 4.75. The smallest absolute Gasteiger partial charge is 0.192 e. The number of Topliss-reactive ketones (excluding diaryl/α,β-unsaturated/α-hetero) is 1. The number of carbonyl (C=O) groups excluding carboxylic acids is 1. The molecular weight excluding hydrogens is 252 g/mol. The van der Waals surface area contributed by atoms with E-state index < -0.39 is 0 Å². The van der Waals surface area contributed by atoms with Crippen LogP contribution in [0.4, 0.5) is 0 Å². The van der Waals surface area contributed by atoms with Crippen molar-refractivity contribution in [2.75, 3.05) is 0 Å². The van der Waals surface area contributed by atoms with Gasteiger partial charge in [0, 0.05) is 17.6 Å². The Morgan fingerprint density at radius 3 is 2.70 bits per heavy atom. The fourth-order valence-corrected chi connectivity index (χ4v) is 2.33. The zero-order chi connectivity index (χ0) is 13.9. The third-order valence-corrected chi connectivity index (χ3v) is 3.40. The van der Waals surface area contributed by atoms with Crippen molar-refractivity contribution in [1.82, 2.24) is 0 Å². The second-order valence-corrected chi connectivity index (χ2v) is 4.75. The average molecular weight is 266 g/mol. The van der Waals surface area contributed by atoms with E-state index in [2.05, 4.69) is 0 Å². The number of allylic oxidation sites excluding steroid dienone is 1. The van der Waals surface area contributed by atoms with Crippen LogP contribution in [0.15, 0.2) is 60.4 Å². The van der Waals surface area contributed by atoms with Gasteiger partial charge in [0.25, 0.3) is 0 Å². The van der Waals surface area contributed by atoms with Crippen molar-refractivity contribution in [3.8, 4) is 5.75 Å². The Bertz CT molecular complexity index is 672. The lowest BCUT2D eigenvalue weighted by Gasteiger charge is -2.07. The summed E-state index contributed by atoms with van der Waals surface area (Å²) >= 11 is 0. The molecule has 1 aliphatic rings. The molecule has 0 radical (unpaired) electrons. The third kappa shape index (κ3) is 2.30. The van der Waals surface area contributed by atoms with Gasteiger partial charge in [0.1, 0.15) is 12.4 Å². The van der Waals surface area contributed by atoms with Crippen LogP contribution in [0.25, 0.3) is 0 Å². The molecular formula is C17H14O3. The van der Waals surface area contributed by atoms with Gasteiger partial charge in [0.2, 0.25) is 0 Å². The summed E-state index contributed by atoms with van der Waals surface area (Å²) in [7, 11) is 0. The van der Waals surface area contributed by atoms with Crippen LogP contribution in [0.2, 0.25) is 0 Å². The Hall–Kier alpha value is -2.55. The van der Waals surface area contributed by atoms with Gasteiger partial charge in [-0.3, -0.25) is 4.79 Å². The van der Waals surface area contributed by atoms with E-state index in [1.165, 1.54) is 0 Å². The zero-order valence-electron chi connectivity index (χ0n) is 10.9. The van der Waals surface area contributed by atoms with Gasteiger partial charge in [-0.25, -0.2) is 0 Å². The molecule has 0 spiro atoms. The number of aliphatic hydroxyl groups excluding tert-OH is 1. The molecule has 3 rings (SSSR count). The zero-order valence-corrected chi connectivity index (χ0v) is 10.9. The van der Waals surface area contributed by atoms with Crippen molar-refractivity contribution >= 4 is 5.78 Å². The first kappa shape index (κ1) is 12.5. The third-order valence-electron chi connectivity index (χ3n) is 3.40. The van der Waals surface area contributed by atoms with Gasteiger partial charge in [0.15, 0.2) is 5.78 Å². The number of carbonyl (C=O) groups is 1. The predicted octanol–water partition coefficient (Wildman–Crippen LogP) is 3.45. The standard InChI is InChI=1S/C17H14O3/c18-10-14-8-13-9-15(6-7-16(13)17(14)19)20-11-12-4-2-1-3-5-12/h1-7,9-10,18H,8,11H2/b14-10-. The van der Waals surface area contributed by atoms with E-state index in [0.29, 0.717) is 24.2 Å². The maximum absolute atomic E-state index is 11.8. The molecule has 0 amide bonds. The van der Waals surface area contributed by atoms with Crippen LogP contribution in [0, 0.1) is 0 Å². The van der Waals surface area contributed by atoms with Gasteiger partial charge >= 0.3 is 0 Å². The largest absolute Gasteiger partial charge is 0.515 e. The molecule has 0 saturated carbocycles. The summed E-state index contributed by atoms with van der Waals surface area (Å²) in [4.78, 5) is 11.8. The number of hydrogen-bond donors (Lipinski definition) is 1. The highest BCUT2D eigenvalue weighted by Crippen LogP contribution is 2.29. The van der Waals surface area contributed by atoms with E-state index in [4.69, 9.17) is 9.84 Å². The molecule has 2 aromatic carbocycles. The first-order valence-electron chi connectivity index (χ1n) is 6.45. The summed E-state index contributed by atoms with van der Waals surface area (Å²) in [6.07, 6.45) is 1.36. The lowest BCUT2D eigenvalue weighted by atomic mass is 10.1. The average Bonchev–Trinajstić information content (AvgIpc) is 2.82. The Kier molecular flexibility index (Phi) is 3.25. The highest BCUT2D eigenvalue weighted by molar-refractivity contribution is 6.13. The van der Waals surface area contributed by atoms with Gasteiger partial charge in [0.05, 0.1) is 6.26 Å². The predicted molar refractivity (Wildman–Crippen MR) is 76.0 cm³/mol. The van der Waals surface area contributed by atoms with Crippen molar-refractivity contribution in [1.29, 1.82) is 0 Å². The number of rotatable bonds is 3. The molecule has 1 aliphatic carbocycles. The lowest BCUT2D eigenvalue weighted by Crippen LogP contribution is -1.97. The minimum absolute atomic E-state index is 0.0999. The van der Waals surface area contributed by atoms with Gasteiger partial charge in [-0.05, 0) is 29.3 Å². The molecule has 0 heterocycles. The van der Waals surface area contributed by atoms with Crippen molar-refractivity contribution in [2.24, 2.45) is 0 Å². The normalized spacial score (nSPS) is 15.4. The van der Waals surface area contributed by atoms with Crippen LogP contribution in [-0.2, 0) is 13.0 Å². The van der Waals surface area contributed by atoms with Crippen molar-refractivity contribution < 1.29 is 14.6 Å². The minimum atomic E-state index is -0.0999. The van der Waals surface area contributed by atoms with Crippen LogP contribution in [0.5, 0.6) is 5.75 Å². The highest BCUT2D eigenvalue weighted by atomic mass is 16.5. The number of hydrogen-bond acceptors (Lipinski definition) is 3. The van der Waals surface area contributed by atoms with E-state index in [1.807, 2.05) is 36.4 Å². The van der Waals surface area contributed by atoms with Crippen molar-refractivity contribution in [3.05, 3.63) is 77.1 Å². The first-order chi connectivity index (χ1) is 9.78. The fourth-order valence-electron chi connectivity index (χ4n) is 2.33. The molecule has 2 aromatic rings. The van der Waals surface area contributed by atoms with Crippen molar-refractivity contribution in [3.63, 3.8) is 0 Å². The van der Waals surface area contributed by atoms with E-state index in [-0.39, 0.29) is 5.78 Å². The molecule has 1 N–H and O–H groups in total. The van der Waals surface area contributed by atoms with Gasteiger partial charge in [-0.1, -0.05) is 30.3 Å². The molecule has 0 saturated heterocycles. The summed E-state index contributed by atoms with van der Waals surface area (Å²) in [6, 6.07) is 15.3. The van der Waals surface area contributed by atoms with Crippen LogP contribution in [0.1, 0.15) is 21.5 Å². The first-order valence-corrected chi connectivity index (χ1v) is 6.45. The molecule has 3 heteroatoms. The molecule has 0 aliphatic heterocycles. The monoisotopic (exact) mass is 266 g/mol. The Balaban J connectivity index is 1.76. The Morgan fingerprint density at radius 1 is 1.15 bits per heavy atom. The molecule has 0 fully saturated rings. The Morgan fingerprint density at radius 2 is 1.95 bits per heavy atom. The molecule has 0 bridgehead atoms. The number of ketones is 1. The number of benzene rings is 2. The topological polar surface area (TPSA) is 46.5 Å².